The van der Waals surface area contributed by atoms with Crippen LogP contribution in [-0.2, 0) is 19.7 Å². The molecule has 0 fully saturated rings. The first-order valence-electron chi connectivity index (χ1n) is 3.86. The van der Waals surface area contributed by atoms with Crippen LogP contribution in [0, 0.1) is 0 Å². The first-order chi connectivity index (χ1) is 7.09. The standard InChI is InChI=1S/C6H12N2O6S2/c1-15(11,12)3-5(7-9)6(8-10)4-16(2,13)14/h9-10H,3-4H2,1-2H3/b7-5+,8-6+. The lowest BCUT2D eigenvalue weighted by Gasteiger charge is -2.04. The molecule has 2 N–H and O–H groups in total. The van der Waals surface area contributed by atoms with E-state index in [0.717, 1.165) is 12.5 Å². The van der Waals surface area contributed by atoms with Gasteiger partial charge in [0.2, 0.25) is 0 Å². The zero-order valence-electron chi connectivity index (χ0n) is 8.65. The molecule has 0 amide bonds. The summed E-state index contributed by atoms with van der Waals surface area (Å²) in [5.41, 5.74) is -1.01. The molecule has 0 spiro atoms. The molecular weight excluding hydrogens is 260 g/mol. The van der Waals surface area contributed by atoms with Gasteiger partial charge in [0, 0.05) is 12.5 Å². The van der Waals surface area contributed by atoms with Crippen molar-refractivity contribution < 1.29 is 27.3 Å². The molecule has 0 radical (unpaired) electrons. The van der Waals surface area contributed by atoms with Gasteiger partial charge in [-0.3, -0.25) is 0 Å². The Morgan fingerprint density at radius 3 is 1.25 bits per heavy atom. The van der Waals surface area contributed by atoms with E-state index in [4.69, 9.17) is 10.4 Å². The van der Waals surface area contributed by atoms with Crippen molar-refractivity contribution in [1.29, 1.82) is 0 Å². The van der Waals surface area contributed by atoms with Gasteiger partial charge in [-0.1, -0.05) is 10.3 Å². The van der Waals surface area contributed by atoms with Crippen LogP contribution in [0.25, 0.3) is 0 Å². The number of hydrogen-bond donors (Lipinski definition) is 2. The molecule has 0 aliphatic heterocycles. The van der Waals surface area contributed by atoms with Crippen LogP contribution < -0.4 is 0 Å². The van der Waals surface area contributed by atoms with Crippen LogP contribution in [0.2, 0.25) is 0 Å². The van der Waals surface area contributed by atoms with Crippen LogP contribution in [0.1, 0.15) is 0 Å². The molecule has 0 aromatic heterocycles. The van der Waals surface area contributed by atoms with Crippen LogP contribution in [-0.4, -0.2) is 62.7 Å². The predicted octanol–water partition coefficient (Wildman–Crippen LogP) is -1.26. The Labute approximate surface area is 93.1 Å². The Balaban J connectivity index is 5.12. The summed E-state index contributed by atoms with van der Waals surface area (Å²) in [5.74, 6) is -1.42. The maximum atomic E-state index is 10.9. The van der Waals surface area contributed by atoms with Gasteiger partial charge in [-0.25, -0.2) is 16.8 Å². The number of oxime groups is 2. The summed E-state index contributed by atoms with van der Waals surface area (Å²) < 4.78 is 43.6. The molecule has 10 heteroatoms. The lowest BCUT2D eigenvalue weighted by molar-refractivity contribution is 0.314. The van der Waals surface area contributed by atoms with Crippen LogP contribution in [0.15, 0.2) is 10.3 Å². The molecular formula is C6H12N2O6S2. The molecule has 0 bridgehead atoms. The third-order valence-corrected chi connectivity index (χ3v) is 2.97. The number of sulfone groups is 2. The van der Waals surface area contributed by atoms with Crippen LogP contribution in [0.5, 0.6) is 0 Å². The van der Waals surface area contributed by atoms with Crippen LogP contribution >= 0.6 is 0 Å². The molecule has 0 unspecified atom stereocenters. The van der Waals surface area contributed by atoms with E-state index >= 15 is 0 Å². The Hall–Kier alpha value is -1.16. The van der Waals surface area contributed by atoms with Gasteiger partial charge in [-0.2, -0.15) is 0 Å². The molecule has 0 aromatic rings. The summed E-state index contributed by atoms with van der Waals surface area (Å²) in [4.78, 5) is 0. The summed E-state index contributed by atoms with van der Waals surface area (Å²) >= 11 is 0. The van der Waals surface area contributed by atoms with Crippen molar-refractivity contribution in [2.45, 2.75) is 0 Å². The van der Waals surface area contributed by atoms with Crippen molar-refractivity contribution in [2.75, 3.05) is 24.0 Å². The molecule has 0 aromatic carbocycles. The van der Waals surface area contributed by atoms with E-state index in [1.165, 1.54) is 0 Å². The van der Waals surface area contributed by atoms with Gasteiger partial charge in [-0.05, 0) is 0 Å². The zero-order valence-corrected chi connectivity index (χ0v) is 10.3. The molecule has 0 aliphatic carbocycles. The lowest BCUT2D eigenvalue weighted by atomic mass is 10.3. The molecule has 0 saturated carbocycles. The topological polar surface area (TPSA) is 133 Å². The number of hydrogen-bond acceptors (Lipinski definition) is 8. The van der Waals surface area contributed by atoms with Gasteiger partial charge in [0.05, 0.1) is 11.5 Å². The summed E-state index contributed by atoms with van der Waals surface area (Å²) in [6.07, 6.45) is 1.74. The van der Waals surface area contributed by atoms with Crippen LogP contribution in [0.3, 0.4) is 0 Å². The highest BCUT2D eigenvalue weighted by Crippen LogP contribution is 1.95. The molecule has 0 rings (SSSR count). The molecule has 94 valence electrons. The zero-order chi connectivity index (χ0) is 13.0. The van der Waals surface area contributed by atoms with E-state index in [9.17, 15) is 16.8 Å². The summed E-state index contributed by atoms with van der Waals surface area (Å²) in [6.45, 7) is 0. The maximum Gasteiger partial charge on any atom is 0.153 e. The minimum Gasteiger partial charge on any atom is -0.411 e. The van der Waals surface area contributed by atoms with Crippen molar-refractivity contribution >= 4 is 31.1 Å². The van der Waals surface area contributed by atoms with E-state index in [2.05, 4.69) is 10.3 Å². The third-order valence-electron chi connectivity index (χ3n) is 1.37. The fourth-order valence-electron chi connectivity index (χ4n) is 0.836. The minimum atomic E-state index is -3.52. The second-order valence-corrected chi connectivity index (χ2v) is 7.51. The van der Waals surface area contributed by atoms with E-state index in [-0.39, 0.29) is 0 Å². The molecule has 8 nitrogen and oxygen atoms in total. The first kappa shape index (κ1) is 14.8. The van der Waals surface area contributed by atoms with E-state index in [0.29, 0.717) is 0 Å². The summed E-state index contributed by atoms with van der Waals surface area (Å²) in [5, 5.41) is 22.3. The third kappa shape index (κ3) is 6.35. The molecule has 0 saturated heterocycles. The second-order valence-electron chi connectivity index (χ2n) is 3.23. The Bertz CT molecular complexity index is 453. The highest BCUT2D eigenvalue weighted by atomic mass is 32.2. The monoisotopic (exact) mass is 272 g/mol. The van der Waals surface area contributed by atoms with Crippen molar-refractivity contribution in [3.63, 3.8) is 0 Å². The summed E-state index contributed by atoms with van der Waals surface area (Å²) in [7, 11) is -7.05. The minimum absolute atomic E-state index is 0.504. The smallest absolute Gasteiger partial charge is 0.153 e. The number of nitrogens with zero attached hydrogens (tertiary/aromatic N) is 2. The fourth-order valence-corrected chi connectivity index (χ4v) is 2.28. The Morgan fingerprint density at radius 1 is 0.875 bits per heavy atom. The maximum absolute atomic E-state index is 10.9. The predicted molar refractivity (Wildman–Crippen MR) is 57.9 cm³/mol. The second kappa shape index (κ2) is 5.25. The molecule has 16 heavy (non-hydrogen) atoms. The van der Waals surface area contributed by atoms with Crippen molar-refractivity contribution in [3.05, 3.63) is 0 Å². The average Bonchev–Trinajstić information content (AvgIpc) is 2.07. The SMILES string of the molecule is CS(=O)(=O)CC(=N\O)/C(CS(C)(=O)=O)=N/O. The van der Waals surface area contributed by atoms with Gasteiger partial charge < -0.3 is 10.4 Å². The van der Waals surface area contributed by atoms with Gasteiger partial charge in [0.1, 0.15) is 11.4 Å². The van der Waals surface area contributed by atoms with Gasteiger partial charge in [-0.15, -0.1) is 0 Å². The quantitative estimate of drug-likeness (QED) is 0.364. The van der Waals surface area contributed by atoms with Gasteiger partial charge in [0.25, 0.3) is 0 Å². The van der Waals surface area contributed by atoms with Crippen molar-refractivity contribution in [2.24, 2.45) is 10.3 Å². The molecule has 0 heterocycles. The largest absolute Gasteiger partial charge is 0.411 e. The lowest BCUT2D eigenvalue weighted by Crippen LogP contribution is -2.29. The van der Waals surface area contributed by atoms with E-state index in [1.807, 2.05) is 0 Å². The van der Waals surface area contributed by atoms with Gasteiger partial charge in [0.15, 0.2) is 19.7 Å². The normalized spacial score (nSPS) is 15.1. The van der Waals surface area contributed by atoms with E-state index in [1.54, 1.807) is 0 Å². The van der Waals surface area contributed by atoms with E-state index < -0.39 is 42.6 Å². The highest BCUT2D eigenvalue weighted by Gasteiger charge is 2.20. The first-order valence-corrected chi connectivity index (χ1v) is 7.99. The highest BCUT2D eigenvalue weighted by molar-refractivity contribution is 7.92. The van der Waals surface area contributed by atoms with Crippen molar-refractivity contribution in [1.82, 2.24) is 0 Å². The fraction of sp³-hybridized carbons (Fsp3) is 0.667. The van der Waals surface area contributed by atoms with Crippen molar-refractivity contribution in [3.8, 4) is 0 Å². The Morgan fingerprint density at radius 2 is 1.12 bits per heavy atom. The van der Waals surface area contributed by atoms with Crippen LogP contribution in [0.4, 0.5) is 0 Å². The molecule has 0 aliphatic rings. The summed E-state index contributed by atoms with van der Waals surface area (Å²) in [6, 6.07) is 0. The molecule has 0 atom stereocenters. The average molecular weight is 272 g/mol. The number of rotatable bonds is 5. The van der Waals surface area contributed by atoms with Gasteiger partial charge >= 0.3 is 0 Å². The Kier molecular flexibility index (Phi) is 4.87.